The molecule has 6 heteroatoms. The molecule has 0 saturated carbocycles. The van der Waals surface area contributed by atoms with Gasteiger partial charge in [-0.05, 0) is 13.3 Å². The lowest BCUT2D eigenvalue weighted by Gasteiger charge is -2.04. The molecule has 1 unspecified atom stereocenters. The van der Waals surface area contributed by atoms with E-state index in [0.29, 0.717) is 6.42 Å². The zero-order valence-electron chi connectivity index (χ0n) is 7.62. The van der Waals surface area contributed by atoms with E-state index < -0.39 is 17.8 Å². The first-order valence-corrected chi connectivity index (χ1v) is 4.17. The zero-order valence-corrected chi connectivity index (χ0v) is 7.62. The Hall–Kier alpha value is -1.04. The third-order valence-electron chi connectivity index (χ3n) is 1.74. The van der Waals surface area contributed by atoms with E-state index >= 15 is 0 Å². The van der Waals surface area contributed by atoms with Gasteiger partial charge in [0.25, 0.3) is 0 Å². The van der Waals surface area contributed by atoms with Gasteiger partial charge in [0.1, 0.15) is 0 Å². The van der Waals surface area contributed by atoms with Crippen LogP contribution in [0.4, 0.5) is 13.2 Å². The molecule has 1 atom stereocenters. The Kier molecular flexibility index (Phi) is 3.15. The maximum absolute atomic E-state index is 12.1. The van der Waals surface area contributed by atoms with Crippen LogP contribution in [0.5, 0.6) is 0 Å². The fourth-order valence-electron chi connectivity index (χ4n) is 0.951. The first kappa shape index (κ1) is 11.0. The molecule has 0 spiro atoms. The molecule has 1 N–H and O–H groups in total. The van der Waals surface area contributed by atoms with Crippen molar-refractivity contribution in [2.75, 3.05) is 0 Å². The molecular weight excluding hydrogens is 197 g/mol. The summed E-state index contributed by atoms with van der Waals surface area (Å²) >= 11 is 0. The quantitative estimate of drug-likeness (QED) is 0.820. The molecule has 3 nitrogen and oxygen atoms in total. The zero-order chi connectivity index (χ0) is 10.8. The molecule has 1 rings (SSSR count). The highest BCUT2D eigenvalue weighted by Gasteiger charge is 2.32. The van der Waals surface area contributed by atoms with Crippen molar-refractivity contribution in [3.8, 4) is 0 Å². The number of aromatic nitrogens is 2. The standard InChI is InChI=1S/C8H11F3N2O/c1-6(14)2-3-13-5-7(4-12-13)8(9,10)11/h4-6,14H,2-3H2,1H3. The van der Waals surface area contributed by atoms with Gasteiger partial charge in [-0.15, -0.1) is 0 Å². The molecule has 0 aliphatic rings. The SMILES string of the molecule is CC(O)CCn1cc(C(F)(F)F)cn1. The number of aryl methyl sites for hydroxylation is 1. The summed E-state index contributed by atoms with van der Waals surface area (Å²) in [6.07, 6.45) is -2.78. The number of hydrogen-bond acceptors (Lipinski definition) is 2. The average Bonchev–Trinajstić information content (AvgIpc) is 2.47. The van der Waals surface area contributed by atoms with Crippen molar-refractivity contribution in [1.29, 1.82) is 0 Å². The third-order valence-corrected chi connectivity index (χ3v) is 1.74. The van der Waals surface area contributed by atoms with Crippen molar-refractivity contribution in [3.63, 3.8) is 0 Å². The Morgan fingerprint density at radius 2 is 2.21 bits per heavy atom. The summed E-state index contributed by atoms with van der Waals surface area (Å²) in [5, 5.41) is 12.5. The molecule has 14 heavy (non-hydrogen) atoms. The number of aliphatic hydroxyl groups excluding tert-OH is 1. The van der Waals surface area contributed by atoms with E-state index in [1.165, 1.54) is 4.68 Å². The Bertz CT molecular complexity index is 293. The molecule has 0 saturated heterocycles. The van der Waals surface area contributed by atoms with E-state index in [4.69, 9.17) is 5.11 Å². The van der Waals surface area contributed by atoms with E-state index in [9.17, 15) is 13.2 Å². The van der Waals surface area contributed by atoms with Gasteiger partial charge in [-0.1, -0.05) is 0 Å². The molecule has 1 heterocycles. The number of rotatable bonds is 3. The molecule has 0 aliphatic carbocycles. The van der Waals surface area contributed by atoms with Crippen molar-refractivity contribution < 1.29 is 18.3 Å². The summed E-state index contributed by atoms with van der Waals surface area (Å²) < 4.78 is 37.5. The first-order chi connectivity index (χ1) is 6.39. The summed E-state index contributed by atoms with van der Waals surface area (Å²) in [4.78, 5) is 0. The summed E-state index contributed by atoms with van der Waals surface area (Å²) in [7, 11) is 0. The summed E-state index contributed by atoms with van der Waals surface area (Å²) in [5.74, 6) is 0. The maximum atomic E-state index is 12.1. The molecule has 1 aromatic heterocycles. The van der Waals surface area contributed by atoms with Crippen LogP contribution in [0.15, 0.2) is 12.4 Å². The minimum atomic E-state index is -4.34. The molecule has 80 valence electrons. The highest BCUT2D eigenvalue weighted by Crippen LogP contribution is 2.28. The number of aliphatic hydroxyl groups is 1. The van der Waals surface area contributed by atoms with Gasteiger partial charge in [0.2, 0.25) is 0 Å². The topological polar surface area (TPSA) is 38.0 Å². The van der Waals surface area contributed by atoms with Crippen LogP contribution in [0, 0.1) is 0 Å². The lowest BCUT2D eigenvalue weighted by molar-refractivity contribution is -0.137. The van der Waals surface area contributed by atoms with E-state index in [0.717, 1.165) is 12.4 Å². The van der Waals surface area contributed by atoms with Crippen LogP contribution in [-0.4, -0.2) is 21.0 Å². The molecule has 0 fully saturated rings. The summed E-state index contributed by atoms with van der Waals surface area (Å²) in [6, 6.07) is 0. The lowest BCUT2D eigenvalue weighted by atomic mass is 10.3. The van der Waals surface area contributed by atoms with Crippen LogP contribution in [0.2, 0.25) is 0 Å². The van der Waals surface area contributed by atoms with Gasteiger partial charge >= 0.3 is 6.18 Å². The fourth-order valence-corrected chi connectivity index (χ4v) is 0.951. The molecule has 0 aliphatic heterocycles. The average molecular weight is 208 g/mol. The number of alkyl halides is 3. The smallest absolute Gasteiger partial charge is 0.393 e. The van der Waals surface area contributed by atoms with Crippen molar-refractivity contribution >= 4 is 0 Å². The van der Waals surface area contributed by atoms with Crippen LogP contribution in [0.25, 0.3) is 0 Å². The Morgan fingerprint density at radius 3 is 2.64 bits per heavy atom. The van der Waals surface area contributed by atoms with Gasteiger partial charge in [-0.3, -0.25) is 4.68 Å². The van der Waals surface area contributed by atoms with Gasteiger partial charge in [0, 0.05) is 12.7 Å². The number of halogens is 3. The van der Waals surface area contributed by atoms with E-state index in [-0.39, 0.29) is 6.54 Å². The molecule has 1 aromatic rings. The Labute approximate surface area is 79.2 Å². The monoisotopic (exact) mass is 208 g/mol. The highest BCUT2D eigenvalue weighted by atomic mass is 19.4. The first-order valence-electron chi connectivity index (χ1n) is 4.17. The molecule has 0 radical (unpaired) electrons. The van der Waals surface area contributed by atoms with E-state index in [1.54, 1.807) is 6.92 Å². The van der Waals surface area contributed by atoms with Crippen molar-refractivity contribution in [2.45, 2.75) is 32.2 Å². The van der Waals surface area contributed by atoms with Crippen LogP contribution in [0.3, 0.4) is 0 Å². The van der Waals surface area contributed by atoms with Crippen molar-refractivity contribution in [2.24, 2.45) is 0 Å². The van der Waals surface area contributed by atoms with Crippen molar-refractivity contribution in [1.82, 2.24) is 9.78 Å². The van der Waals surface area contributed by atoms with Gasteiger partial charge in [-0.25, -0.2) is 0 Å². The molecule has 0 bridgehead atoms. The van der Waals surface area contributed by atoms with Crippen LogP contribution in [0.1, 0.15) is 18.9 Å². The summed E-state index contributed by atoms with van der Waals surface area (Å²) in [5.41, 5.74) is -0.761. The van der Waals surface area contributed by atoms with Crippen LogP contribution >= 0.6 is 0 Å². The normalized spacial score (nSPS) is 14.4. The second-order valence-corrected chi connectivity index (χ2v) is 3.13. The Morgan fingerprint density at radius 1 is 1.57 bits per heavy atom. The molecule has 0 aromatic carbocycles. The molecular formula is C8H11F3N2O. The largest absolute Gasteiger partial charge is 0.419 e. The predicted molar refractivity (Wildman–Crippen MR) is 43.5 cm³/mol. The third kappa shape index (κ3) is 3.02. The van der Waals surface area contributed by atoms with E-state index in [2.05, 4.69) is 5.10 Å². The maximum Gasteiger partial charge on any atom is 0.419 e. The van der Waals surface area contributed by atoms with Crippen LogP contribution < -0.4 is 0 Å². The minimum Gasteiger partial charge on any atom is -0.393 e. The molecule has 0 amide bonds. The van der Waals surface area contributed by atoms with E-state index in [1.807, 2.05) is 0 Å². The van der Waals surface area contributed by atoms with Gasteiger partial charge in [-0.2, -0.15) is 18.3 Å². The second kappa shape index (κ2) is 4.00. The van der Waals surface area contributed by atoms with Crippen LogP contribution in [-0.2, 0) is 12.7 Å². The second-order valence-electron chi connectivity index (χ2n) is 3.13. The van der Waals surface area contributed by atoms with Gasteiger partial charge in [0.15, 0.2) is 0 Å². The number of nitrogens with zero attached hydrogens (tertiary/aromatic N) is 2. The van der Waals surface area contributed by atoms with Gasteiger partial charge < -0.3 is 5.11 Å². The summed E-state index contributed by atoms with van der Waals surface area (Å²) in [6.45, 7) is 1.86. The lowest BCUT2D eigenvalue weighted by Crippen LogP contribution is -2.07. The Balaban J connectivity index is 2.60. The predicted octanol–water partition coefficient (Wildman–Crippen LogP) is 1.67. The van der Waals surface area contributed by atoms with Gasteiger partial charge in [0.05, 0.1) is 17.9 Å². The number of hydrogen-bond donors (Lipinski definition) is 1. The van der Waals surface area contributed by atoms with Crippen molar-refractivity contribution in [3.05, 3.63) is 18.0 Å². The highest BCUT2D eigenvalue weighted by molar-refractivity contribution is 5.08. The fraction of sp³-hybridized carbons (Fsp3) is 0.625. The minimum absolute atomic E-state index is 0.285.